The molecular weight excluding hydrogens is 338 g/mol. The Balaban J connectivity index is 1.88. The number of sulfonamides is 1. The third-order valence-corrected chi connectivity index (χ3v) is 5.71. The van der Waals surface area contributed by atoms with Crippen molar-refractivity contribution in [3.8, 4) is 6.07 Å². The van der Waals surface area contributed by atoms with Crippen molar-refractivity contribution in [3.63, 3.8) is 0 Å². The van der Waals surface area contributed by atoms with Gasteiger partial charge in [-0.2, -0.15) is 5.26 Å². The Morgan fingerprint density at radius 3 is 2.72 bits per heavy atom. The zero-order valence-electron chi connectivity index (χ0n) is 13.7. The molecule has 0 spiro atoms. The first-order chi connectivity index (χ1) is 11.9. The number of nitrogens with one attached hydrogen (secondary N) is 1. The molecule has 0 saturated heterocycles. The van der Waals surface area contributed by atoms with E-state index in [1.807, 2.05) is 6.07 Å². The van der Waals surface area contributed by atoms with Crippen molar-refractivity contribution < 1.29 is 13.2 Å². The Hall–Kier alpha value is -2.69. The molecule has 1 heterocycles. The highest BCUT2D eigenvalue weighted by molar-refractivity contribution is 7.89. The minimum atomic E-state index is -3.52. The molecule has 0 bridgehead atoms. The molecule has 0 aliphatic carbocycles. The molecule has 1 amide bonds. The second-order valence-corrected chi connectivity index (χ2v) is 7.69. The van der Waals surface area contributed by atoms with Crippen LogP contribution >= 0.6 is 0 Å². The predicted molar refractivity (Wildman–Crippen MR) is 92.3 cm³/mol. The van der Waals surface area contributed by atoms with E-state index in [0.29, 0.717) is 30.6 Å². The van der Waals surface area contributed by atoms with Gasteiger partial charge in [0, 0.05) is 18.7 Å². The van der Waals surface area contributed by atoms with Crippen molar-refractivity contribution in [1.29, 1.82) is 5.26 Å². The van der Waals surface area contributed by atoms with Crippen LogP contribution in [0.15, 0.2) is 47.4 Å². The molecule has 3 rings (SSSR count). The molecule has 0 saturated carbocycles. The number of rotatable bonds is 3. The largest absolute Gasteiger partial charge is 0.334 e. The molecule has 0 atom stereocenters. The van der Waals surface area contributed by atoms with Crippen LogP contribution in [-0.4, -0.2) is 32.8 Å². The van der Waals surface area contributed by atoms with Gasteiger partial charge in [0.15, 0.2) is 0 Å². The number of hydrogen-bond acceptors (Lipinski definition) is 4. The van der Waals surface area contributed by atoms with Crippen molar-refractivity contribution in [3.05, 3.63) is 64.7 Å². The second-order valence-electron chi connectivity index (χ2n) is 5.81. The number of carbonyl (C=O) groups excluding carboxylic acids is 1. The molecule has 0 fully saturated rings. The third kappa shape index (κ3) is 3.40. The summed E-state index contributed by atoms with van der Waals surface area (Å²) < 4.78 is 26.2. The van der Waals surface area contributed by atoms with Gasteiger partial charge in [-0.25, -0.2) is 13.1 Å². The summed E-state index contributed by atoms with van der Waals surface area (Å²) in [5.74, 6) is -0.162. The molecular formula is C18H17N3O3S. The van der Waals surface area contributed by atoms with E-state index in [1.54, 1.807) is 47.4 Å². The topological polar surface area (TPSA) is 90.3 Å². The lowest BCUT2D eigenvalue weighted by Gasteiger charge is -2.29. The molecule has 1 aliphatic rings. The number of benzene rings is 2. The summed E-state index contributed by atoms with van der Waals surface area (Å²) in [7, 11) is -2.15. The number of fused-ring (bicyclic) bond motifs is 1. The molecule has 0 aromatic heterocycles. The first-order valence-electron chi connectivity index (χ1n) is 7.79. The molecule has 1 aliphatic heterocycles. The van der Waals surface area contributed by atoms with E-state index in [-0.39, 0.29) is 10.8 Å². The van der Waals surface area contributed by atoms with Gasteiger partial charge in [0.05, 0.1) is 16.5 Å². The molecule has 7 heteroatoms. The molecule has 2 aromatic rings. The summed E-state index contributed by atoms with van der Waals surface area (Å²) in [6.45, 7) is 0.902. The Kier molecular flexibility index (Phi) is 4.57. The first kappa shape index (κ1) is 17.1. The maximum absolute atomic E-state index is 12.7. The highest BCUT2D eigenvalue weighted by Crippen LogP contribution is 2.24. The van der Waals surface area contributed by atoms with Crippen LogP contribution in [0, 0.1) is 11.3 Å². The number of nitrogens with zero attached hydrogens (tertiary/aromatic N) is 2. The van der Waals surface area contributed by atoms with Gasteiger partial charge in [-0.1, -0.05) is 12.1 Å². The lowest BCUT2D eigenvalue weighted by Crippen LogP contribution is -2.36. The zero-order valence-corrected chi connectivity index (χ0v) is 14.5. The maximum atomic E-state index is 12.7. The van der Waals surface area contributed by atoms with Crippen LogP contribution in [0.4, 0.5) is 0 Å². The van der Waals surface area contributed by atoms with Crippen LogP contribution in [0.25, 0.3) is 0 Å². The van der Waals surface area contributed by atoms with Crippen LogP contribution in [0.5, 0.6) is 0 Å². The SMILES string of the molecule is CNS(=O)(=O)c1ccc2c(c1)CN(C(=O)c1cccc(C#N)c1)CC2. The molecule has 1 N–H and O–H groups in total. The Morgan fingerprint density at radius 2 is 2.00 bits per heavy atom. The number of nitriles is 1. The van der Waals surface area contributed by atoms with Gasteiger partial charge in [0.25, 0.3) is 5.91 Å². The molecule has 6 nitrogen and oxygen atoms in total. The summed E-state index contributed by atoms with van der Waals surface area (Å²) >= 11 is 0. The van der Waals surface area contributed by atoms with Gasteiger partial charge >= 0.3 is 0 Å². The van der Waals surface area contributed by atoms with Gasteiger partial charge in [0.2, 0.25) is 10.0 Å². The van der Waals surface area contributed by atoms with Crippen molar-refractivity contribution >= 4 is 15.9 Å². The Morgan fingerprint density at radius 1 is 1.20 bits per heavy atom. The fourth-order valence-corrected chi connectivity index (χ4v) is 3.68. The van der Waals surface area contributed by atoms with Crippen LogP contribution in [0.2, 0.25) is 0 Å². The van der Waals surface area contributed by atoms with E-state index >= 15 is 0 Å². The van der Waals surface area contributed by atoms with Gasteiger partial charge in [-0.15, -0.1) is 0 Å². The van der Waals surface area contributed by atoms with Crippen LogP contribution in [0.3, 0.4) is 0 Å². The Bertz CT molecular complexity index is 977. The first-order valence-corrected chi connectivity index (χ1v) is 9.28. The summed E-state index contributed by atoms with van der Waals surface area (Å²) in [6, 6.07) is 13.6. The van der Waals surface area contributed by atoms with E-state index in [2.05, 4.69) is 4.72 Å². The fourth-order valence-electron chi connectivity index (χ4n) is 2.90. The fraction of sp³-hybridized carbons (Fsp3) is 0.222. The number of carbonyl (C=O) groups is 1. The van der Waals surface area contributed by atoms with E-state index < -0.39 is 10.0 Å². The van der Waals surface area contributed by atoms with Gasteiger partial charge in [-0.05, 0) is 54.9 Å². The number of hydrogen-bond donors (Lipinski definition) is 1. The minimum absolute atomic E-state index is 0.162. The minimum Gasteiger partial charge on any atom is -0.334 e. The molecule has 0 unspecified atom stereocenters. The van der Waals surface area contributed by atoms with E-state index in [4.69, 9.17) is 5.26 Å². The predicted octanol–water partition coefficient (Wildman–Crippen LogP) is 1.66. The van der Waals surface area contributed by atoms with Crippen molar-refractivity contribution in [2.24, 2.45) is 0 Å². The average Bonchev–Trinajstić information content (AvgIpc) is 2.66. The molecule has 0 radical (unpaired) electrons. The molecule has 2 aromatic carbocycles. The summed E-state index contributed by atoms with van der Waals surface area (Å²) in [4.78, 5) is 14.6. The van der Waals surface area contributed by atoms with Crippen LogP contribution in [0.1, 0.15) is 27.0 Å². The molecule has 128 valence electrons. The zero-order chi connectivity index (χ0) is 18.0. The van der Waals surface area contributed by atoms with Gasteiger partial charge in [-0.3, -0.25) is 4.79 Å². The lowest BCUT2D eigenvalue weighted by atomic mass is 9.99. The van der Waals surface area contributed by atoms with Crippen LogP contribution in [-0.2, 0) is 23.0 Å². The second kappa shape index (κ2) is 6.67. The van der Waals surface area contributed by atoms with E-state index in [9.17, 15) is 13.2 Å². The summed E-state index contributed by atoms with van der Waals surface area (Å²) in [5, 5.41) is 8.98. The highest BCUT2D eigenvalue weighted by atomic mass is 32.2. The summed E-state index contributed by atoms with van der Waals surface area (Å²) in [6.07, 6.45) is 0.666. The lowest BCUT2D eigenvalue weighted by molar-refractivity contribution is 0.0734. The van der Waals surface area contributed by atoms with Crippen molar-refractivity contribution in [1.82, 2.24) is 9.62 Å². The van der Waals surface area contributed by atoms with E-state index in [1.165, 1.54) is 7.05 Å². The average molecular weight is 355 g/mol. The monoisotopic (exact) mass is 355 g/mol. The highest BCUT2D eigenvalue weighted by Gasteiger charge is 2.23. The third-order valence-electron chi connectivity index (χ3n) is 4.29. The van der Waals surface area contributed by atoms with Crippen molar-refractivity contribution in [2.45, 2.75) is 17.9 Å². The van der Waals surface area contributed by atoms with Gasteiger partial charge < -0.3 is 4.90 Å². The summed E-state index contributed by atoms with van der Waals surface area (Å²) in [5.41, 5.74) is 2.77. The maximum Gasteiger partial charge on any atom is 0.254 e. The van der Waals surface area contributed by atoms with Crippen LogP contribution < -0.4 is 4.72 Å². The quantitative estimate of drug-likeness (QED) is 0.907. The van der Waals surface area contributed by atoms with Crippen molar-refractivity contribution in [2.75, 3.05) is 13.6 Å². The number of amides is 1. The normalized spacial score (nSPS) is 13.8. The Labute approximate surface area is 146 Å². The molecule has 25 heavy (non-hydrogen) atoms. The standard InChI is InChI=1S/C18H17N3O3S/c1-20-25(23,24)17-6-5-14-7-8-21(12-16(14)10-17)18(22)15-4-2-3-13(9-15)11-19/h2-6,9-10,20H,7-8,12H2,1H3. The smallest absolute Gasteiger partial charge is 0.254 e. The van der Waals surface area contributed by atoms with Gasteiger partial charge in [0.1, 0.15) is 0 Å². The van der Waals surface area contributed by atoms with E-state index in [0.717, 1.165) is 11.1 Å².